The molecule has 0 radical (unpaired) electrons. The summed E-state index contributed by atoms with van der Waals surface area (Å²) in [6, 6.07) is 8.62. The maximum absolute atomic E-state index is 11.9. The fraction of sp³-hybridized carbons (Fsp3) is 0.556. The van der Waals surface area contributed by atoms with Gasteiger partial charge in [0, 0.05) is 26.4 Å². The number of aryl methyl sites for hydroxylation is 1. The molecule has 0 saturated carbocycles. The summed E-state index contributed by atoms with van der Waals surface area (Å²) in [5, 5.41) is 5.62. The Bertz CT molecular complexity index is 495. The summed E-state index contributed by atoms with van der Waals surface area (Å²) in [4.78, 5) is 25.1. The summed E-state index contributed by atoms with van der Waals surface area (Å²) in [6.45, 7) is 10.6. The van der Waals surface area contributed by atoms with Gasteiger partial charge in [-0.25, -0.2) is 0 Å². The molecule has 0 fully saturated rings. The van der Waals surface area contributed by atoms with Gasteiger partial charge in [-0.3, -0.25) is 14.5 Å². The number of carbonyl (C=O) groups excluding carboxylic acids is 2. The van der Waals surface area contributed by atoms with Gasteiger partial charge in [-0.05, 0) is 25.6 Å². The van der Waals surface area contributed by atoms with Crippen LogP contribution in [0.25, 0.3) is 0 Å². The van der Waals surface area contributed by atoms with Crippen molar-refractivity contribution in [1.82, 2.24) is 15.5 Å². The van der Waals surface area contributed by atoms with E-state index in [1.54, 1.807) is 0 Å². The lowest BCUT2D eigenvalue weighted by Crippen LogP contribution is -2.39. The first-order valence-electron chi connectivity index (χ1n) is 8.29. The van der Waals surface area contributed by atoms with E-state index in [4.69, 9.17) is 0 Å². The Morgan fingerprint density at radius 1 is 1.09 bits per heavy atom. The molecule has 1 aromatic carbocycles. The van der Waals surface area contributed by atoms with Crippen LogP contribution in [0, 0.1) is 6.92 Å². The van der Waals surface area contributed by atoms with Crippen molar-refractivity contribution in [3.8, 4) is 0 Å². The van der Waals surface area contributed by atoms with Gasteiger partial charge in [0.25, 0.3) is 0 Å². The predicted molar refractivity (Wildman–Crippen MR) is 93.2 cm³/mol. The fourth-order valence-electron chi connectivity index (χ4n) is 2.56. The number of nitrogens with zero attached hydrogens (tertiary/aromatic N) is 1. The topological polar surface area (TPSA) is 61.4 Å². The number of likely N-dealkylation sites (N-methyl/N-ethyl adjacent to an activating group) is 1. The summed E-state index contributed by atoms with van der Waals surface area (Å²) in [5.74, 6) is -0.151. The van der Waals surface area contributed by atoms with Gasteiger partial charge in [-0.2, -0.15) is 0 Å². The molecule has 2 amide bonds. The van der Waals surface area contributed by atoms with Crippen LogP contribution in [0.2, 0.25) is 0 Å². The second-order valence-electron chi connectivity index (χ2n) is 5.68. The van der Waals surface area contributed by atoms with Gasteiger partial charge >= 0.3 is 0 Å². The number of hydrogen-bond donors (Lipinski definition) is 2. The SMILES string of the molecule is CCN(CC)C(CNC(=O)CCNC(C)=O)c1ccc(C)cc1. The highest BCUT2D eigenvalue weighted by molar-refractivity contribution is 5.77. The number of nitrogens with one attached hydrogen (secondary N) is 2. The molecule has 1 atom stereocenters. The van der Waals surface area contributed by atoms with Gasteiger partial charge in [0.15, 0.2) is 0 Å². The van der Waals surface area contributed by atoms with Crippen molar-refractivity contribution in [3.63, 3.8) is 0 Å². The summed E-state index contributed by atoms with van der Waals surface area (Å²) in [6.07, 6.45) is 0.304. The number of carbonyl (C=O) groups is 2. The average molecular weight is 319 g/mol. The van der Waals surface area contributed by atoms with Gasteiger partial charge in [0.05, 0.1) is 6.04 Å². The monoisotopic (exact) mass is 319 g/mol. The van der Waals surface area contributed by atoms with E-state index in [0.717, 1.165) is 13.1 Å². The zero-order valence-corrected chi connectivity index (χ0v) is 14.7. The van der Waals surface area contributed by atoms with E-state index in [1.807, 2.05) is 0 Å². The minimum atomic E-state index is -0.113. The number of benzene rings is 1. The lowest BCUT2D eigenvalue weighted by atomic mass is 10.0. The molecule has 1 aromatic rings. The molecule has 0 bridgehead atoms. The maximum atomic E-state index is 11.9. The van der Waals surface area contributed by atoms with Crippen LogP contribution in [0.15, 0.2) is 24.3 Å². The third-order valence-corrected chi connectivity index (χ3v) is 3.93. The molecule has 1 rings (SSSR count). The Kier molecular flexibility index (Phi) is 8.33. The average Bonchev–Trinajstić information content (AvgIpc) is 2.52. The van der Waals surface area contributed by atoms with Crippen LogP contribution in [0.3, 0.4) is 0 Å². The van der Waals surface area contributed by atoms with Crippen molar-refractivity contribution < 1.29 is 9.59 Å². The summed E-state index contributed by atoms with van der Waals surface area (Å²) >= 11 is 0. The van der Waals surface area contributed by atoms with E-state index in [1.165, 1.54) is 18.1 Å². The summed E-state index contributed by atoms with van der Waals surface area (Å²) < 4.78 is 0. The van der Waals surface area contributed by atoms with Crippen LogP contribution in [0.1, 0.15) is 44.4 Å². The molecule has 2 N–H and O–H groups in total. The van der Waals surface area contributed by atoms with Gasteiger partial charge in [-0.1, -0.05) is 43.7 Å². The standard InChI is InChI=1S/C18H29N3O2/c1-5-21(6-2)17(16-9-7-14(3)8-10-16)13-20-18(23)11-12-19-15(4)22/h7-10,17H,5-6,11-13H2,1-4H3,(H,19,22)(H,20,23). The molecule has 23 heavy (non-hydrogen) atoms. The Labute approximate surface area is 139 Å². The van der Waals surface area contributed by atoms with Gasteiger partial charge in [0.1, 0.15) is 0 Å². The third-order valence-electron chi connectivity index (χ3n) is 3.93. The van der Waals surface area contributed by atoms with E-state index in [9.17, 15) is 9.59 Å². The zero-order chi connectivity index (χ0) is 17.2. The molecule has 5 nitrogen and oxygen atoms in total. The molecule has 0 aliphatic carbocycles. The largest absolute Gasteiger partial charge is 0.356 e. The van der Waals surface area contributed by atoms with Crippen molar-refractivity contribution in [3.05, 3.63) is 35.4 Å². The van der Waals surface area contributed by atoms with E-state index >= 15 is 0 Å². The van der Waals surface area contributed by atoms with Gasteiger partial charge in [0.2, 0.25) is 11.8 Å². The molecule has 0 spiro atoms. The van der Waals surface area contributed by atoms with Crippen LogP contribution in [0.4, 0.5) is 0 Å². The molecule has 5 heteroatoms. The Balaban J connectivity index is 2.65. The highest BCUT2D eigenvalue weighted by Gasteiger charge is 2.18. The Hall–Kier alpha value is -1.88. The second kappa shape index (κ2) is 10.0. The van der Waals surface area contributed by atoms with Crippen LogP contribution >= 0.6 is 0 Å². The van der Waals surface area contributed by atoms with E-state index in [2.05, 4.69) is 60.6 Å². The Morgan fingerprint density at radius 3 is 2.22 bits per heavy atom. The fourth-order valence-corrected chi connectivity index (χ4v) is 2.56. The van der Waals surface area contributed by atoms with Crippen LogP contribution in [-0.2, 0) is 9.59 Å². The Morgan fingerprint density at radius 2 is 1.70 bits per heavy atom. The van der Waals surface area contributed by atoms with E-state index in [-0.39, 0.29) is 17.9 Å². The molecule has 0 saturated heterocycles. The van der Waals surface area contributed by atoms with Crippen molar-refractivity contribution in [2.45, 2.75) is 40.2 Å². The minimum Gasteiger partial charge on any atom is -0.356 e. The van der Waals surface area contributed by atoms with Crippen LogP contribution in [0.5, 0.6) is 0 Å². The first-order chi connectivity index (χ1) is 11.0. The molecule has 0 aliphatic heterocycles. The third kappa shape index (κ3) is 6.82. The van der Waals surface area contributed by atoms with Gasteiger partial charge in [-0.15, -0.1) is 0 Å². The molecule has 128 valence electrons. The maximum Gasteiger partial charge on any atom is 0.221 e. The summed E-state index contributed by atoms with van der Waals surface area (Å²) in [7, 11) is 0. The normalized spacial score (nSPS) is 12.0. The van der Waals surface area contributed by atoms with Crippen molar-refractivity contribution in [1.29, 1.82) is 0 Å². The smallest absolute Gasteiger partial charge is 0.221 e. The first-order valence-corrected chi connectivity index (χ1v) is 8.29. The quantitative estimate of drug-likeness (QED) is 0.732. The van der Waals surface area contributed by atoms with Crippen molar-refractivity contribution >= 4 is 11.8 Å². The van der Waals surface area contributed by atoms with Crippen LogP contribution in [-0.4, -0.2) is 42.9 Å². The zero-order valence-electron chi connectivity index (χ0n) is 14.7. The number of amides is 2. The first kappa shape index (κ1) is 19.2. The molecule has 0 aromatic heterocycles. The summed E-state index contributed by atoms with van der Waals surface area (Å²) in [5.41, 5.74) is 2.44. The number of hydrogen-bond acceptors (Lipinski definition) is 3. The molecular formula is C18H29N3O2. The highest BCUT2D eigenvalue weighted by Crippen LogP contribution is 2.20. The number of rotatable bonds is 9. The highest BCUT2D eigenvalue weighted by atomic mass is 16.2. The molecule has 0 aliphatic rings. The van der Waals surface area contributed by atoms with Crippen molar-refractivity contribution in [2.75, 3.05) is 26.2 Å². The second-order valence-corrected chi connectivity index (χ2v) is 5.68. The minimum absolute atomic E-state index is 0.0389. The molecule has 0 heterocycles. The lowest BCUT2D eigenvalue weighted by Gasteiger charge is -2.30. The van der Waals surface area contributed by atoms with E-state index in [0.29, 0.717) is 19.5 Å². The van der Waals surface area contributed by atoms with Crippen LogP contribution < -0.4 is 10.6 Å². The van der Waals surface area contributed by atoms with Crippen molar-refractivity contribution in [2.24, 2.45) is 0 Å². The molecular weight excluding hydrogens is 290 g/mol. The van der Waals surface area contributed by atoms with E-state index < -0.39 is 0 Å². The molecule has 1 unspecified atom stereocenters. The predicted octanol–water partition coefficient (Wildman–Crippen LogP) is 2.02. The van der Waals surface area contributed by atoms with Gasteiger partial charge < -0.3 is 10.6 Å². The lowest BCUT2D eigenvalue weighted by molar-refractivity contribution is -0.121.